The highest BCUT2D eigenvalue weighted by molar-refractivity contribution is 14.1. The first-order valence-corrected chi connectivity index (χ1v) is 8.18. The largest absolute Gasteiger partial charge is 0.420 e. The second-order valence-corrected chi connectivity index (χ2v) is 5.89. The molecule has 0 aliphatic carbocycles. The molecule has 7 nitrogen and oxygen atoms in total. The minimum absolute atomic E-state index is 0.0510. The first kappa shape index (κ1) is 17.8. The second-order valence-electron chi connectivity index (χ2n) is 4.64. The van der Waals surface area contributed by atoms with Crippen LogP contribution >= 0.6 is 22.6 Å². The lowest BCUT2D eigenvalue weighted by molar-refractivity contribution is -0.121. The number of hydrogen-bond acceptors (Lipinski definition) is 6. The van der Waals surface area contributed by atoms with Gasteiger partial charge in [0, 0.05) is 22.8 Å². The molecular weight excluding hydrogens is 413 g/mol. The molecule has 1 heterocycles. The standard InChI is InChI=1S/C15H18IN3O4/c1-21-8-9-22-7-6-17-13(20)10-14-18-19-15(23-14)11-2-4-12(16)5-3-11/h2-5H,6-10H2,1H3,(H,17,20). The summed E-state index contributed by atoms with van der Waals surface area (Å²) in [5.74, 6) is 0.515. The molecule has 1 aromatic heterocycles. The fourth-order valence-corrected chi connectivity index (χ4v) is 2.10. The van der Waals surface area contributed by atoms with Crippen LogP contribution in [-0.2, 0) is 20.7 Å². The number of aromatic nitrogens is 2. The average molecular weight is 431 g/mol. The second kappa shape index (κ2) is 9.58. The minimum Gasteiger partial charge on any atom is -0.420 e. The molecule has 0 saturated heterocycles. The molecule has 0 bridgehead atoms. The molecule has 23 heavy (non-hydrogen) atoms. The van der Waals surface area contributed by atoms with Crippen molar-refractivity contribution < 1.29 is 18.7 Å². The maximum atomic E-state index is 11.8. The van der Waals surface area contributed by atoms with Gasteiger partial charge in [-0.3, -0.25) is 4.79 Å². The van der Waals surface area contributed by atoms with Crippen LogP contribution in [0.5, 0.6) is 0 Å². The number of benzene rings is 1. The Morgan fingerprint density at radius 3 is 2.74 bits per heavy atom. The highest BCUT2D eigenvalue weighted by atomic mass is 127. The van der Waals surface area contributed by atoms with E-state index in [4.69, 9.17) is 13.9 Å². The summed E-state index contributed by atoms with van der Waals surface area (Å²) < 4.78 is 16.7. The van der Waals surface area contributed by atoms with Crippen LogP contribution in [0.4, 0.5) is 0 Å². The van der Waals surface area contributed by atoms with Crippen molar-refractivity contribution in [2.75, 3.05) is 33.5 Å². The predicted octanol–water partition coefficient (Wildman–Crippen LogP) is 1.66. The fraction of sp³-hybridized carbons (Fsp3) is 0.400. The summed E-state index contributed by atoms with van der Waals surface area (Å²) in [6, 6.07) is 7.71. The zero-order valence-electron chi connectivity index (χ0n) is 12.8. The number of carbonyl (C=O) groups is 1. The molecule has 0 aliphatic rings. The van der Waals surface area contributed by atoms with Gasteiger partial charge >= 0.3 is 0 Å². The van der Waals surface area contributed by atoms with Gasteiger partial charge in [-0.1, -0.05) is 0 Å². The van der Waals surface area contributed by atoms with Gasteiger partial charge in [0.2, 0.25) is 17.7 Å². The minimum atomic E-state index is -0.182. The molecule has 8 heteroatoms. The zero-order chi connectivity index (χ0) is 16.5. The van der Waals surface area contributed by atoms with Gasteiger partial charge < -0.3 is 19.2 Å². The first-order chi connectivity index (χ1) is 11.2. The van der Waals surface area contributed by atoms with Crippen LogP contribution in [0.25, 0.3) is 11.5 Å². The van der Waals surface area contributed by atoms with Crippen LogP contribution in [0.2, 0.25) is 0 Å². The Bertz CT molecular complexity index is 615. The van der Waals surface area contributed by atoms with E-state index in [1.54, 1.807) is 7.11 Å². The molecule has 0 aliphatic heterocycles. The number of ether oxygens (including phenoxy) is 2. The van der Waals surface area contributed by atoms with Crippen molar-refractivity contribution in [3.05, 3.63) is 33.7 Å². The maximum absolute atomic E-state index is 11.8. The third-order valence-electron chi connectivity index (χ3n) is 2.87. The van der Waals surface area contributed by atoms with E-state index in [1.807, 2.05) is 24.3 Å². The van der Waals surface area contributed by atoms with Crippen molar-refractivity contribution in [3.8, 4) is 11.5 Å². The van der Waals surface area contributed by atoms with Crippen LogP contribution in [0, 0.1) is 3.57 Å². The van der Waals surface area contributed by atoms with Gasteiger partial charge in [-0.05, 0) is 46.9 Å². The fourth-order valence-electron chi connectivity index (χ4n) is 1.74. The Balaban J connectivity index is 1.75. The molecule has 124 valence electrons. The smallest absolute Gasteiger partial charge is 0.247 e. The Hall–Kier alpha value is -1.52. The molecule has 0 radical (unpaired) electrons. The van der Waals surface area contributed by atoms with Gasteiger partial charge in [-0.25, -0.2) is 0 Å². The maximum Gasteiger partial charge on any atom is 0.247 e. The molecule has 1 amide bonds. The topological polar surface area (TPSA) is 86.5 Å². The Labute approximate surface area is 147 Å². The first-order valence-electron chi connectivity index (χ1n) is 7.10. The average Bonchev–Trinajstić information content (AvgIpc) is 3.00. The lowest BCUT2D eigenvalue weighted by atomic mass is 10.2. The van der Waals surface area contributed by atoms with Gasteiger partial charge in [-0.2, -0.15) is 0 Å². The lowest BCUT2D eigenvalue weighted by Gasteiger charge is -2.04. The highest BCUT2D eigenvalue weighted by Crippen LogP contribution is 2.19. The summed E-state index contributed by atoms with van der Waals surface area (Å²) in [4.78, 5) is 11.8. The molecule has 0 spiro atoms. The van der Waals surface area contributed by atoms with Crippen LogP contribution in [0.3, 0.4) is 0 Å². The summed E-state index contributed by atoms with van der Waals surface area (Å²) in [6.07, 6.45) is 0.0510. The van der Waals surface area contributed by atoms with E-state index < -0.39 is 0 Å². The number of carbonyl (C=O) groups excluding carboxylic acids is 1. The van der Waals surface area contributed by atoms with Crippen molar-refractivity contribution in [3.63, 3.8) is 0 Å². The van der Waals surface area contributed by atoms with Gasteiger partial charge in [0.1, 0.15) is 6.42 Å². The van der Waals surface area contributed by atoms with Crippen LogP contribution in [0.15, 0.2) is 28.7 Å². The molecule has 0 unspecified atom stereocenters. The Morgan fingerprint density at radius 2 is 2.00 bits per heavy atom. The van der Waals surface area contributed by atoms with Gasteiger partial charge in [0.05, 0.1) is 19.8 Å². The number of hydrogen-bond donors (Lipinski definition) is 1. The summed E-state index contributed by atoms with van der Waals surface area (Å²) in [5.41, 5.74) is 0.830. The molecule has 0 saturated carbocycles. The highest BCUT2D eigenvalue weighted by Gasteiger charge is 2.12. The summed E-state index contributed by atoms with van der Waals surface area (Å²) in [7, 11) is 1.61. The van der Waals surface area contributed by atoms with Crippen molar-refractivity contribution in [2.45, 2.75) is 6.42 Å². The third kappa shape index (κ3) is 6.24. The quantitative estimate of drug-likeness (QED) is 0.480. The van der Waals surface area contributed by atoms with E-state index in [-0.39, 0.29) is 18.2 Å². The monoisotopic (exact) mass is 431 g/mol. The normalized spacial score (nSPS) is 10.7. The number of nitrogens with zero attached hydrogens (tertiary/aromatic N) is 2. The van der Waals surface area contributed by atoms with Crippen LogP contribution in [-0.4, -0.2) is 49.6 Å². The van der Waals surface area contributed by atoms with Gasteiger partial charge in [-0.15, -0.1) is 10.2 Å². The van der Waals surface area contributed by atoms with Crippen molar-refractivity contribution in [1.29, 1.82) is 0 Å². The van der Waals surface area contributed by atoms with E-state index >= 15 is 0 Å². The number of rotatable bonds is 9. The number of amides is 1. The Kier molecular flexibility index (Phi) is 7.43. The molecular formula is C15H18IN3O4. The molecule has 2 aromatic rings. The van der Waals surface area contributed by atoms with E-state index in [1.165, 1.54) is 0 Å². The van der Waals surface area contributed by atoms with E-state index in [0.29, 0.717) is 32.3 Å². The number of methoxy groups -OCH3 is 1. The van der Waals surface area contributed by atoms with Crippen LogP contribution in [0.1, 0.15) is 5.89 Å². The molecule has 1 aromatic carbocycles. The van der Waals surface area contributed by atoms with Crippen molar-refractivity contribution in [2.24, 2.45) is 0 Å². The SMILES string of the molecule is COCCOCCNC(=O)Cc1nnc(-c2ccc(I)cc2)o1. The van der Waals surface area contributed by atoms with Crippen molar-refractivity contribution >= 4 is 28.5 Å². The predicted molar refractivity (Wildman–Crippen MR) is 91.9 cm³/mol. The summed E-state index contributed by atoms with van der Waals surface area (Å²) >= 11 is 2.22. The Morgan fingerprint density at radius 1 is 1.22 bits per heavy atom. The molecule has 2 rings (SSSR count). The molecule has 0 fully saturated rings. The van der Waals surface area contributed by atoms with Crippen LogP contribution < -0.4 is 5.32 Å². The van der Waals surface area contributed by atoms with Gasteiger partial charge in [0.15, 0.2) is 0 Å². The zero-order valence-corrected chi connectivity index (χ0v) is 14.9. The van der Waals surface area contributed by atoms with Gasteiger partial charge in [0.25, 0.3) is 0 Å². The van der Waals surface area contributed by atoms with Crippen molar-refractivity contribution in [1.82, 2.24) is 15.5 Å². The molecule has 1 N–H and O–H groups in total. The van der Waals surface area contributed by atoms with E-state index in [0.717, 1.165) is 9.13 Å². The summed E-state index contributed by atoms with van der Waals surface area (Å²) in [6.45, 7) is 1.92. The third-order valence-corrected chi connectivity index (χ3v) is 3.59. The van der Waals surface area contributed by atoms with E-state index in [2.05, 4.69) is 38.1 Å². The number of nitrogens with one attached hydrogen (secondary N) is 1. The lowest BCUT2D eigenvalue weighted by Crippen LogP contribution is -2.29. The summed E-state index contributed by atoms with van der Waals surface area (Å²) in [5, 5.41) is 10.6. The van der Waals surface area contributed by atoms with E-state index in [9.17, 15) is 4.79 Å². The molecule has 0 atom stereocenters. The number of halogens is 1.